The van der Waals surface area contributed by atoms with Crippen LogP contribution in [0.1, 0.15) is 22.2 Å². The van der Waals surface area contributed by atoms with Gasteiger partial charge in [-0.2, -0.15) is 0 Å². The normalized spacial score (nSPS) is 10.9. The first-order valence-corrected chi connectivity index (χ1v) is 10.4. The van der Waals surface area contributed by atoms with Crippen molar-refractivity contribution in [3.8, 4) is 11.3 Å². The maximum atomic E-state index is 13.5. The van der Waals surface area contributed by atoms with Gasteiger partial charge >= 0.3 is 0 Å². The molecule has 0 saturated carbocycles. The van der Waals surface area contributed by atoms with Gasteiger partial charge in [-0.3, -0.25) is 14.9 Å². The number of carbonyl (C=O) groups is 2. The Bertz CT molecular complexity index is 1230. The molecule has 0 aliphatic rings. The lowest BCUT2D eigenvalue weighted by Gasteiger charge is -2.03. The smallest absolute Gasteiger partial charge is 0.267 e. The summed E-state index contributed by atoms with van der Waals surface area (Å²) in [6.45, 7) is 3.27. The molecule has 0 aliphatic carbocycles. The molecule has 0 saturated heterocycles. The number of rotatable bonds is 4. The van der Waals surface area contributed by atoms with Crippen molar-refractivity contribution in [3.63, 3.8) is 0 Å². The van der Waals surface area contributed by atoms with Crippen LogP contribution in [0.5, 0.6) is 0 Å². The number of hydrogen-bond donors (Lipinski definition) is 2. The maximum Gasteiger partial charge on any atom is 0.267 e. The predicted molar refractivity (Wildman–Crippen MR) is 116 cm³/mol. The number of hydrogen-bond acceptors (Lipinski definition) is 5. The number of nitrogens with one attached hydrogen (secondary N) is 2. The molecule has 0 atom stereocenters. The average Bonchev–Trinajstić information content (AvgIpc) is 3.27. The Balaban J connectivity index is 1.52. The van der Waals surface area contributed by atoms with Gasteiger partial charge in [-0.1, -0.05) is 12.1 Å². The van der Waals surface area contributed by atoms with Crippen molar-refractivity contribution in [3.05, 3.63) is 64.1 Å². The molecule has 2 amide bonds. The van der Waals surface area contributed by atoms with Gasteiger partial charge in [-0.25, -0.2) is 9.37 Å². The van der Waals surface area contributed by atoms with E-state index in [-0.39, 0.29) is 17.6 Å². The van der Waals surface area contributed by atoms with Crippen molar-refractivity contribution < 1.29 is 14.0 Å². The molecular formula is C21H16FN3O2S2. The molecule has 4 rings (SSSR count). The van der Waals surface area contributed by atoms with Crippen molar-refractivity contribution in [2.75, 3.05) is 10.6 Å². The predicted octanol–water partition coefficient (Wildman–Crippen LogP) is 5.68. The third-order valence-corrected chi connectivity index (χ3v) is 6.36. The van der Waals surface area contributed by atoms with Crippen LogP contribution >= 0.6 is 22.7 Å². The minimum atomic E-state index is -0.320. The maximum absolute atomic E-state index is 13.5. The van der Waals surface area contributed by atoms with E-state index in [1.54, 1.807) is 18.2 Å². The van der Waals surface area contributed by atoms with Gasteiger partial charge < -0.3 is 5.32 Å². The number of benzene rings is 2. The van der Waals surface area contributed by atoms with Crippen LogP contribution < -0.4 is 10.6 Å². The van der Waals surface area contributed by atoms with Crippen molar-refractivity contribution >= 4 is 55.4 Å². The van der Waals surface area contributed by atoms with Crippen LogP contribution in [0.4, 0.5) is 15.2 Å². The lowest BCUT2D eigenvalue weighted by Crippen LogP contribution is -2.11. The van der Waals surface area contributed by atoms with E-state index in [9.17, 15) is 14.0 Å². The van der Waals surface area contributed by atoms with E-state index in [0.29, 0.717) is 15.7 Å². The second-order valence-electron chi connectivity index (χ2n) is 6.45. The van der Waals surface area contributed by atoms with Gasteiger partial charge in [-0.15, -0.1) is 22.7 Å². The number of aromatic nitrogens is 1. The van der Waals surface area contributed by atoms with Crippen LogP contribution in [0.2, 0.25) is 0 Å². The highest BCUT2D eigenvalue weighted by Gasteiger charge is 2.17. The van der Waals surface area contributed by atoms with Crippen molar-refractivity contribution in [2.45, 2.75) is 13.8 Å². The summed E-state index contributed by atoms with van der Waals surface area (Å²) in [5, 5.41) is 8.64. The molecule has 146 valence electrons. The molecule has 0 fully saturated rings. The fourth-order valence-corrected chi connectivity index (χ4v) is 4.75. The van der Waals surface area contributed by atoms with Crippen LogP contribution in [0.25, 0.3) is 21.3 Å². The lowest BCUT2D eigenvalue weighted by atomic mass is 10.1. The number of carbonyl (C=O) groups excluding carboxylic acids is 2. The third-order valence-electron chi connectivity index (χ3n) is 4.33. The summed E-state index contributed by atoms with van der Waals surface area (Å²) < 4.78 is 14.4. The van der Waals surface area contributed by atoms with Crippen molar-refractivity contribution in [2.24, 2.45) is 0 Å². The number of anilines is 2. The summed E-state index contributed by atoms with van der Waals surface area (Å²) in [6, 6.07) is 11.8. The average molecular weight is 426 g/mol. The van der Waals surface area contributed by atoms with Gasteiger partial charge in [0.25, 0.3) is 5.91 Å². The molecule has 5 nitrogen and oxygen atoms in total. The highest BCUT2D eigenvalue weighted by atomic mass is 32.1. The number of aryl methyl sites for hydroxylation is 1. The number of nitrogens with zero attached hydrogens (tertiary/aromatic N) is 1. The zero-order valence-corrected chi connectivity index (χ0v) is 17.2. The van der Waals surface area contributed by atoms with Gasteiger partial charge in [0, 0.05) is 28.3 Å². The van der Waals surface area contributed by atoms with Crippen LogP contribution in [-0.4, -0.2) is 16.8 Å². The Morgan fingerprint density at radius 2 is 1.83 bits per heavy atom. The summed E-state index contributed by atoms with van der Waals surface area (Å²) in [7, 11) is 0. The summed E-state index contributed by atoms with van der Waals surface area (Å²) in [4.78, 5) is 28.8. The van der Waals surface area contributed by atoms with Crippen molar-refractivity contribution in [1.82, 2.24) is 4.98 Å². The van der Waals surface area contributed by atoms with Gasteiger partial charge in [0.05, 0.1) is 10.6 Å². The van der Waals surface area contributed by atoms with E-state index in [4.69, 9.17) is 0 Å². The minimum Gasteiger partial charge on any atom is -0.326 e. The Hall–Kier alpha value is -3.10. The highest BCUT2D eigenvalue weighted by Crippen LogP contribution is 2.32. The topological polar surface area (TPSA) is 71.1 Å². The summed E-state index contributed by atoms with van der Waals surface area (Å²) in [5.74, 6) is -0.707. The number of fused-ring (bicyclic) bond motifs is 1. The molecule has 2 aromatic carbocycles. The number of thiophene rings is 1. The molecule has 0 spiro atoms. The first-order chi connectivity index (χ1) is 13.9. The fourth-order valence-electron chi connectivity index (χ4n) is 2.95. The van der Waals surface area contributed by atoms with E-state index in [2.05, 4.69) is 15.6 Å². The van der Waals surface area contributed by atoms with Crippen LogP contribution in [0.3, 0.4) is 0 Å². The number of thiazole rings is 1. The molecule has 0 radical (unpaired) electrons. The monoisotopic (exact) mass is 425 g/mol. The molecule has 2 N–H and O–H groups in total. The van der Waals surface area contributed by atoms with E-state index in [1.807, 2.05) is 24.4 Å². The van der Waals surface area contributed by atoms with Crippen LogP contribution in [0, 0.1) is 12.7 Å². The zero-order valence-electron chi connectivity index (χ0n) is 15.6. The van der Waals surface area contributed by atoms with E-state index >= 15 is 0 Å². The van der Waals surface area contributed by atoms with Crippen LogP contribution in [-0.2, 0) is 4.79 Å². The summed E-state index contributed by atoms with van der Waals surface area (Å²) in [5.41, 5.74) is 3.08. The van der Waals surface area contributed by atoms with E-state index in [1.165, 1.54) is 41.7 Å². The quantitative estimate of drug-likeness (QED) is 0.442. The largest absolute Gasteiger partial charge is 0.326 e. The molecule has 4 aromatic rings. The SMILES string of the molecule is CC(=O)Nc1ccc(-c2csc(NC(=O)c3sc4ccc(F)cc4c3C)n2)cc1. The van der Waals surface area contributed by atoms with Gasteiger partial charge in [0.2, 0.25) is 5.91 Å². The van der Waals surface area contributed by atoms with E-state index in [0.717, 1.165) is 26.9 Å². The number of halogens is 1. The van der Waals surface area contributed by atoms with E-state index < -0.39 is 0 Å². The van der Waals surface area contributed by atoms with Gasteiger partial charge in [0.15, 0.2) is 5.13 Å². The molecule has 0 bridgehead atoms. The molecule has 8 heteroatoms. The fraction of sp³-hybridized carbons (Fsp3) is 0.0952. The first kappa shape index (κ1) is 19.2. The highest BCUT2D eigenvalue weighted by molar-refractivity contribution is 7.21. The molecule has 29 heavy (non-hydrogen) atoms. The third kappa shape index (κ3) is 4.03. The molecule has 0 unspecified atom stereocenters. The molecule has 0 aliphatic heterocycles. The van der Waals surface area contributed by atoms with Gasteiger partial charge in [0.1, 0.15) is 5.82 Å². The molecular weight excluding hydrogens is 409 g/mol. The first-order valence-electron chi connectivity index (χ1n) is 8.74. The molecule has 2 heterocycles. The zero-order chi connectivity index (χ0) is 20.5. The second-order valence-corrected chi connectivity index (χ2v) is 8.36. The van der Waals surface area contributed by atoms with Crippen LogP contribution in [0.15, 0.2) is 47.8 Å². The Morgan fingerprint density at radius 1 is 1.07 bits per heavy atom. The van der Waals surface area contributed by atoms with Gasteiger partial charge in [-0.05, 0) is 48.2 Å². The van der Waals surface area contributed by atoms with Crippen molar-refractivity contribution in [1.29, 1.82) is 0 Å². The minimum absolute atomic E-state index is 0.129. The Morgan fingerprint density at radius 3 is 2.55 bits per heavy atom. The summed E-state index contributed by atoms with van der Waals surface area (Å²) >= 11 is 2.66. The Labute approximate surface area is 174 Å². The standard InChI is InChI=1S/C21H16FN3O2S2/c1-11-16-9-14(22)5-8-18(16)29-19(11)20(27)25-21-24-17(10-28-21)13-3-6-15(7-4-13)23-12(2)26/h3-10H,1-2H3,(H,23,26)(H,24,25,27). The number of amides is 2. The Kier molecular flexibility index (Phi) is 5.12. The second kappa shape index (κ2) is 7.73. The lowest BCUT2D eigenvalue weighted by molar-refractivity contribution is -0.114. The summed E-state index contributed by atoms with van der Waals surface area (Å²) in [6.07, 6.45) is 0. The molecule has 2 aromatic heterocycles.